The minimum absolute atomic E-state index is 0.0158. The molecule has 1 saturated heterocycles. The average molecular weight is 572 g/mol. The fourth-order valence-corrected chi connectivity index (χ4v) is 6.11. The highest BCUT2D eigenvalue weighted by atomic mass is 32.2. The van der Waals surface area contributed by atoms with E-state index < -0.39 is 45.5 Å². The molecule has 37 heavy (non-hydrogen) atoms. The van der Waals surface area contributed by atoms with E-state index in [4.69, 9.17) is 0 Å². The van der Waals surface area contributed by atoms with Gasteiger partial charge in [0, 0.05) is 37.8 Å². The molecule has 17 heteroatoms. The van der Waals surface area contributed by atoms with Gasteiger partial charge in [0.2, 0.25) is 15.4 Å². The summed E-state index contributed by atoms with van der Waals surface area (Å²) in [5.74, 6) is 4.94. The van der Waals surface area contributed by atoms with Crippen LogP contribution in [-0.4, -0.2) is 72.0 Å². The molecule has 9 nitrogen and oxygen atoms in total. The van der Waals surface area contributed by atoms with Gasteiger partial charge in [0.25, 0.3) is 15.6 Å². The van der Waals surface area contributed by atoms with Crippen LogP contribution in [-0.2, 0) is 20.4 Å². The van der Waals surface area contributed by atoms with E-state index in [0.717, 1.165) is 16.4 Å². The molecule has 1 aromatic heterocycles. The zero-order valence-corrected chi connectivity index (χ0v) is 20.7. The first-order valence-electron chi connectivity index (χ1n) is 10.3. The number of anilines is 2. The van der Waals surface area contributed by atoms with Gasteiger partial charge < -0.3 is 15.3 Å². The Morgan fingerprint density at radius 2 is 1.70 bits per heavy atom. The predicted octanol–water partition coefficient (Wildman–Crippen LogP) is 2.71. The highest BCUT2D eigenvalue weighted by molar-refractivity contribution is 7.91. The average Bonchev–Trinajstić information content (AvgIpc) is 3.26. The van der Waals surface area contributed by atoms with Crippen molar-refractivity contribution in [2.75, 3.05) is 29.9 Å². The maximum absolute atomic E-state index is 13.2. The van der Waals surface area contributed by atoms with Gasteiger partial charge in [-0.25, -0.2) is 8.42 Å². The van der Waals surface area contributed by atoms with Crippen molar-refractivity contribution in [3.8, 4) is 11.8 Å². The molecule has 1 atom stereocenters. The Morgan fingerprint density at radius 1 is 1.11 bits per heavy atom. The Hall–Kier alpha value is -2.94. The third-order valence-corrected chi connectivity index (χ3v) is 8.39. The zero-order chi connectivity index (χ0) is 27.8. The Bertz CT molecular complexity index is 1300. The molecule has 0 radical (unpaired) electrons. The fraction of sp³-hybridized carbons (Fsp3) is 0.450. The van der Waals surface area contributed by atoms with E-state index in [0.29, 0.717) is 23.5 Å². The van der Waals surface area contributed by atoms with Crippen molar-refractivity contribution in [1.82, 2.24) is 14.5 Å². The van der Waals surface area contributed by atoms with Crippen LogP contribution in [0.2, 0.25) is 0 Å². The van der Waals surface area contributed by atoms with Gasteiger partial charge in [0.1, 0.15) is 6.04 Å². The predicted molar refractivity (Wildman–Crippen MR) is 120 cm³/mol. The number of amides is 1. The van der Waals surface area contributed by atoms with Gasteiger partial charge >= 0.3 is 12.4 Å². The second kappa shape index (κ2) is 10.1. The maximum atomic E-state index is 13.2. The smallest absolute Gasteiger partial charge is 0.369 e. The summed E-state index contributed by atoms with van der Waals surface area (Å²) >= 11 is 0.640. The summed E-state index contributed by atoms with van der Waals surface area (Å²) < 4.78 is 106. The van der Waals surface area contributed by atoms with E-state index >= 15 is 0 Å². The van der Waals surface area contributed by atoms with Crippen molar-refractivity contribution in [3.63, 3.8) is 0 Å². The summed E-state index contributed by atoms with van der Waals surface area (Å²) in [6, 6.07) is 2.15. The molecule has 1 amide bonds. The number of hydrogen-bond acceptors (Lipinski definition) is 8. The fourth-order valence-electron chi connectivity index (χ4n) is 3.58. The summed E-state index contributed by atoms with van der Waals surface area (Å²) in [5, 5.41) is 19.1. The topological polar surface area (TPSA) is 116 Å². The van der Waals surface area contributed by atoms with Gasteiger partial charge in [-0.15, -0.1) is 16.1 Å². The van der Waals surface area contributed by atoms with Crippen molar-refractivity contribution in [1.29, 1.82) is 0 Å². The molecular weight excluding hydrogens is 552 g/mol. The van der Waals surface area contributed by atoms with E-state index in [1.165, 1.54) is 18.7 Å². The van der Waals surface area contributed by atoms with Crippen LogP contribution in [0.3, 0.4) is 0 Å². The van der Waals surface area contributed by atoms with Crippen LogP contribution < -0.4 is 10.2 Å². The van der Waals surface area contributed by atoms with Crippen molar-refractivity contribution < 1.29 is 44.7 Å². The van der Waals surface area contributed by atoms with Crippen LogP contribution in [0.15, 0.2) is 28.6 Å². The molecule has 2 aromatic rings. The molecule has 2 N–H and O–H groups in total. The number of sulfonamides is 1. The SMILES string of the molecule is CC#CC1CN(S(=O)(=O)c2nnc(NC(C)=O)s2)CCN1c1ccc(C(O)(C(F)(F)F)C(F)(F)F)cc1. The molecule has 1 unspecified atom stereocenters. The molecule has 1 aromatic carbocycles. The van der Waals surface area contributed by atoms with Gasteiger partial charge in [-0.3, -0.25) is 4.79 Å². The number of piperazine rings is 1. The van der Waals surface area contributed by atoms with Crippen LogP contribution >= 0.6 is 11.3 Å². The normalized spacial score (nSPS) is 17.8. The number of rotatable bonds is 5. The second-order valence-corrected chi connectivity index (χ2v) is 10.9. The number of carbonyl (C=O) groups is 1. The summed E-state index contributed by atoms with van der Waals surface area (Å²) in [6.07, 6.45) is -12.0. The molecule has 1 fully saturated rings. The highest BCUT2D eigenvalue weighted by Gasteiger charge is 2.71. The molecule has 1 aliphatic rings. The van der Waals surface area contributed by atoms with Crippen LogP contribution in [0.5, 0.6) is 0 Å². The third kappa shape index (κ3) is 5.51. The van der Waals surface area contributed by atoms with E-state index in [-0.39, 0.29) is 34.8 Å². The number of halogens is 6. The summed E-state index contributed by atoms with van der Waals surface area (Å²) in [5.41, 5.74) is -6.31. The first-order valence-corrected chi connectivity index (χ1v) is 12.5. The highest BCUT2D eigenvalue weighted by Crippen LogP contribution is 2.50. The van der Waals surface area contributed by atoms with Crippen LogP contribution in [0.25, 0.3) is 0 Å². The van der Waals surface area contributed by atoms with E-state index in [2.05, 4.69) is 27.4 Å². The Balaban J connectivity index is 1.87. The number of nitrogens with one attached hydrogen (secondary N) is 1. The number of carbonyl (C=O) groups excluding carboxylic acids is 1. The van der Waals surface area contributed by atoms with Crippen molar-refractivity contribution in [2.45, 2.75) is 42.2 Å². The number of nitrogens with zero attached hydrogens (tertiary/aromatic N) is 4. The van der Waals surface area contributed by atoms with Crippen molar-refractivity contribution in [3.05, 3.63) is 29.8 Å². The van der Waals surface area contributed by atoms with Gasteiger partial charge in [-0.05, 0) is 19.1 Å². The van der Waals surface area contributed by atoms with Crippen LogP contribution in [0.4, 0.5) is 37.2 Å². The lowest BCUT2D eigenvalue weighted by Gasteiger charge is -2.39. The maximum Gasteiger partial charge on any atom is 0.430 e. The monoisotopic (exact) mass is 571 g/mol. The van der Waals surface area contributed by atoms with E-state index in [1.54, 1.807) is 0 Å². The molecule has 0 bridgehead atoms. The minimum Gasteiger partial charge on any atom is -0.369 e. The first kappa shape index (κ1) is 28.6. The van der Waals surface area contributed by atoms with Gasteiger partial charge in [0.05, 0.1) is 0 Å². The zero-order valence-electron chi connectivity index (χ0n) is 19.1. The lowest BCUT2D eigenvalue weighted by atomic mass is 9.92. The van der Waals surface area contributed by atoms with Crippen molar-refractivity contribution >= 4 is 38.1 Å². The standard InChI is InChI=1S/C20H19F6N5O4S2/c1-3-4-15-11-30(37(34,35)17-29-28-16(36-17)27-12(2)32)9-10-31(15)14-7-5-13(6-8-14)18(33,19(21,22)23)20(24,25)26/h5-8,15,33H,9-11H2,1-2H3,(H,27,28,32). The number of alkyl halides is 6. The van der Waals surface area contributed by atoms with Crippen molar-refractivity contribution in [2.24, 2.45) is 0 Å². The Morgan fingerprint density at radius 3 is 2.22 bits per heavy atom. The van der Waals surface area contributed by atoms with Gasteiger partial charge in [-0.2, -0.15) is 30.6 Å². The molecule has 0 spiro atoms. The molecule has 0 saturated carbocycles. The number of aromatic nitrogens is 2. The largest absolute Gasteiger partial charge is 0.430 e. The van der Waals surface area contributed by atoms with Gasteiger partial charge in [-0.1, -0.05) is 29.4 Å². The molecule has 202 valence electrons. The summed E-state index contributed by atoms with van der Waals surface area (Å²) in [6.45, 7) is 2.36. The van der Waals surface area contributed by atoms with E-state index in [1.807, 2.05) is 0 Å². The lowest BCUT2D eigenvalue weighted by molar-refractivity contribution is -0.376. The first-order chi connectivity index (χ1) is 17.0. The second-order valence-electron chi connectivity index (χ2n) is 7.77. The lowest BCUT2D eigenvalue weighted by Crippen LogP contribution is -2.54. The molecule has 1 aliphatic heterocycles. The van der Waals surface area contributed by atoms with Crippen LogP contribution in [0.1, 0.15) is 19.4 Å². The summed E-state index contributed by atoms with van der Waals surface area (Å²) in [4.78, 5) is 12.7. The van der Waals surface area contributed by atoms with Gasteiger partial charge in [0.15, 0.2) is 0 Å². The Labute approximate surface area is 211 Å². The molecule has 2 heterocycles. The minimum atomic E-state index is -6.02. The van der Waals surface area contributed by atoms with E-state index in [9.17, 15) is 44.7 Å². The number of benzene rings is 1. The molecular formula is C20H19F6N5O4S2. The number of aliphatic hydroxyl groups is 1. The number of hydrogen-bond donors (Lipinski definition) is 2. The summed E-state index contributed by atoms with van der Waals surface area (Å²) in [7, 11) is -4.14. The molecule has 3 rings (SSSR count). The quantitative estimate of drug-likeness (QED) is 0.322. The Kier molecular flexibility index (Phi) is 7.80. The third-order valence-electron chi connectivity index (χ3n) is 5.34. The molecule has 0 aliphatic carbocycles. The van der Waals surface area contributed by atoms with Crippen LogP contribution in [0, 0.1) is 11.8 Å².